The number of hydrogen-bond acceptors (Lipinski definition) is 10. The van der Waals surface area contributed by atoms with E-state index in [0.29, 0.717) is 24.8 Å². The quantitative estimate of drug-likeness (QED) is 0.113. The van der Waals surface area contributed by atoms with E-state index in [4.69, 9.17) is 33.7 Å². The van der Waals surface area contributed by atoms with Gasteiger partial charge < -0.3 is 36.6 Å². The number of benzene rings is 2. The van der Waals surface area contributed by atoms with E-state index >= 15 is 0 Å². The van der Waals surface area contributed by atoms with E-state index < -0.39 is 88.2 Å². The maximum atomic E-state index is 14.6. The fourth-order valence-corrected chi connectivity index (χ4v) is 8.82. The first-order chi connectivity index (χ1) is 28.4. The molecule has 7 N–H and O–H groups in total. The number of hydrogen-bond donors (Lipinski definition) is 6. The summed E-state index contributed by atoms with van der Waals surface area (Å²) >= 11 is 12.1. The molecule has 60 heavy (non-hydrogen) atoms. The highest BCUT2D eigenvalue weighted by molar-refractivity contribution is 7.89. The number of ketones is 1. The largest absolute Gasteiger partial charge is 0.449 e. The molecule has 5 atom stereocenters. The van der Waals surface area contributed by atoms with Gasteiger partial charge in [0.2, 0.25) is 39.4 Å². The van der Waals surface area contributed by atoms with E-state index in [-0.39, 0.29) is 52.8 Å². The van der Waals surface area contributed by atoms with Crippen LogP contribution < -0.4 is 31.7 Å². The zero-order chi connectivity index (χ0) is 44.1. The standard InChI is InChI=1S/C40H53Cl2N7O10S/c1-4-11-30(35(51)38(54)44-20-32(50)46-33(36(43)52)24-12-7-5-8-13-24)45-37(53)31-18-26(48-60(57,58)27-16-17-28(41)29(42)19-27)21-49(31)39(55)34(25-14-9-6-10-15-25)47-40(56)59-22-23(2)3/h5,7-8,12-13,16-17,19,23,25-26,30-31,33-34,48H,4,6,9-11,14-15,18,20-22H2,1-3H3,(H2,43,52)(H,44,54)(H,45,53)(H,46,50)(H,47,56)/t26-,30?,31?,33+,34+/m1/s1. The van der Waals surface area contributed by atoms with Crippen molar-refractivity contribution in [3.05, 3.63) is 64.1 Å². The molecule has 20 heteroatoms. The third-order valence-electron chi connectivity index (χ3n) is 10.2. The Labute approximate surface area is 359 Å². The Kier molecular flexibility index (Phi) is 17.7. The summed E-state index contributed by atoms with van der Waals surface area (Å²) in [5, 5.41) is 10.0. The van der Waals surface area contributed by atoms with Gasteiger partial charge in [-0.05, 0) is 61.3 Å². The van der Waals surface area contributed by atoms with Crippen LogP contribution in [0.4, 0.5) is 4.79 Å². The number of sulfonamides is 1. The summed E-state index contributed by atoms with van der Waals surface area (Å²) in [6.07, 6.45) is 3.01. The van der Waals surface area contributed by atoms with Gasteiger partial charge in [-0.2, -0.15) is 0 Å². The molecule has 1 aliphatic carbocycles. The number of alkyl carbamates (subject to hydrolysis) is 1. The molecule has 2 fully saturated rings. The number of carbonyl (C=O) groups excluding carboxylic acids is 7. The average Bonchev–Trinajstić information content (AvgIpc) is 3.64. The van der Waals surface area contributed by atoms with Crippen LogP contribution in [-0.2, 0) is 43.5 Å². The van der Waals surface area contributed by atoms with Crippen LogP contribution in [0.25, 0.3) is 0 Å². The molecule has 1 saturated heterocycles. The van der Waals surface area contributed by atoms with Crippen molar-refractivity contribution in [1.82, 2.24) is 30.9 Å². The minimum Gasteiger partial charge on any atom is -0.449 e. The van der Waals surface area contributed by atoms with E-state index in [9.17, 15) is 42.0 Å². The monoisotopic (exact) mass is 893 g/mol. The zero-order valence-corrected chi connectivity index (χ0v) is 36.0. The molecular weight excluding hydrogens is 841 g/mol. The van der Waals surface area contributed by atoms with Gasteiger partial charge in [0.05, 0.1) is 34.1 Å². The number of nitrogens with zero attached hydrogens (tertiary/aromatic N) is 1. The normalized spacial score (nSPS) is 18.5. The van der Waals surface area contributed by atoms with Gasteiger partial charge in [-0.15, -0.1) is 0 Å². The van der Waals surface area contributed by atoms with E-state index in [1.54, 1.807) is 37.3 Å². The summed E-state index contributed by atoms with van der Waals surface area (Å²) in [6, 6.07) is 5.78. The Balaban J connectivity index is 1.55. The van der Waals surface area contributed by atoms with Crippen molar-refractivity contribution >= 4 is 74.6 Å². The van der Waals surface area contributed by atoms with Crippen molar-refractivity contribution < 1.29 is 46.7 Å². The third kappa shape index (κ3) is 13.4. The Morgan fingerprint density at radius 2 is 1.60 bits per heavy atom. The fourth-order valence-electron chi connectivity index (χ4n) is 7.19. The molecule has 0 spiro atoms. The number of primary amides is 1. The zero-order valence-electron chi connectivity index (χ0n) is 33.7. The molecule has 2 aliphatic rings. The van der Waals surface area contributed by atoms with Crippen LogP contribution >= 0.6 is 23.2 Å². The first-order valence-electron chi connectivity index (χ1n) is 19.9. The van der Waals surface area contributed by atoms with Crippen LogP contribution in [0, 0.1) is 11.8 Å². The Hall–Kier alpha value is -4.78. The first-order valence-corrected chi connectivity index (χ1v) is 22.1. The minimum absolute atomic E-state index is 0.00998. The maximum absolute atomic E-state index is 14.6. The van der Waals surface area contributed by atoms with Crippen molar-refractivity contribution in [2.45, 2.75) is 107 Å². The molecular formula is C40H53Cl2N7O10S. The number of amides is 6. The molecule has 1 saturated carbocycles. The van der Waals surface area contributed by atoms with Crippen LogP contribution in [0.2, 0.25) is 10.0 Å². The lowest BCUT2D eigenvalue weighted by molar-refractivity contribution is -0.143. The van der Waals surface area contributed by atoms with Gasteiger partial charge in [0.1, 0.15) is 18.1 Å². The second kappa shape index (κ2) is 22.2. The number of Topliss-reactive ketones (excluding diaryl/α,β-unsaturated/α-hetero) is 1. The number of nitrogens with one attached hydrogen (secondary N) is 5. The van der Waals surface area contributed by atoms with Crippen LogP contribution in [0.3, 0.4) is 0 Å². The van der Waals surface area contributed by atoms with Crippen LogP contribution in [-0.4, -0.2) is 98.6 Å². The fraction of sp³-hybridized carbons (Fsp3) is 0.525. The Morgan fingerprint density at radius 1 is 0.917 bits per heavy atom. The summed E-state index contributed by atoms with van der Waals surface area (Å²) in [5.41, 5.74) is 5.87. The van der Waals surface area contributed by atoms with Crippen LogP contribution in [0.5, 0.6) is 0 Å². The van der Waals surface area contributed by atoms with Crippen LogP contribution in [0.1, 0.15) is 83.7 Å². The van der Waals surface area contributed by atoms with Crippen LogP contribution in [0.15, 0.2) is 53.4 Å². The molecule has 6 amide bonds. The molecule has 0 radical (unpaired) electrons. The van der Waals surface area contributed by atoms with Gasteiger partial charge in [0, 0.05) is 12.6 Å². The number of halogens is 2. The highest BCUT2D eigenvalue weighted by Gasteiger charge is 2.46. The number of carbonyl (C=O) groups is 7. The topological polar surface area (TPSA) is 252 Å². The minimum atomic E-state index is -4.27. The molecule has 2 unspecified atom stereocenters. The summed E-state index contributed by atoms with van der Waals surface area (Å²) in [5.74, 6) is -5.75. The summed E-state index contributed by atoms with van der Waals surface area (Å²) in [4.78, 5) is 94.0. The second-order valence-corrected chi connectivity index (χ2v) is 17.9. The summed E-state index contributed by atoms with van der Waals surface area (Å²) in [6.45, 7) is 4.53. The molecule has 2 aromatic carbocycles. The lowest BCUT2D eigenvalue weighted by atomic mass is 9.83. The molecule has 1 aliphatic heterocycles. The van der Waals surface area contributed by atoms with E-state index in [1.165, 1.54) is 17.0 Å². The van der Waals surface area contributed by atoms with Gasteiger partial charge in [-0.25, -0.2) is 17.9 Å². The molecule has 0 bridgehead atoms. The summed E-state index contributed by atoms with van der Waals surface area (Å²) in [7, 11) is -4.27. The lowest BCUT2D eigenvalue weighted by Crippen LogP contribution is -2.58. The highest BCUT2D eigenvalue weighted by Crippen LogP contribution is 2.31. The number of rotatable bonds is 19. The van der Waals surface area contributed by atoms with Crippen molar-refractivity contribution in [1.29, 1.82) is 0 Å². The van der Waals surface area contributed by atoms with Crippen molar-refractivity contribution in [3.8, 4) is 0 Å². The summed E-state index contributed by atoms with van der Waals surface area (Å²) < 4.78 is 34.9. The molecule has 328 valence electrons. The van der Waals surface area contributed by atoms with E-state index in [0.717, 1.165) is 25.3 Å². The molecule has 4 rings (SSSR count). The smallest absolute Gasteiger partial charge is 0.407 e. The van der Waals surface area contributed by atoms with E-state index in [1.807, 2.05) is 13.8 Å². The van der Waals surface area contributed by atoms with E-state index in [2.05, 4.69) is 26.0 Å². The Morgan fingerprint density at radius 3 is 2.22 bits per heavy atom. The highest BCUT2D eigenvalue weighted by atomic mass is 35.5. The van der Waals surface area contributed by atoms with Crippen molar-refractivity contribution in [2.75, 3.05) is 19.7 Å². The SMILES string of the molecule is CCCC(NC(=O)C1C[C@@H](NS(=O)(=O)c2ccc(Cl)c(Cl)c2)CN1C(=O)[C@@H](NC(=O)OCC(C)C)C1CCCCC1)C(=O)C(=O)NCC(=O)N[C@H](C(N)=O)c1ccccc1. The van der Waals surface area contributed by atoms with Crippen molar-refractivity contribution in [2.24, 2.45) is 17.6 Å². The second-order valence-electron chi connectivity index (χ2n) is 15.4. The van der Waals surface area contributed by atoms with Gasteiger partial charge in [-0.1, -0.05) is 100.0 Å². The maximum Gasteiger partial charge on any atom is 0.407 e. The number of nitrogens with two attached hydrogens (primary N) is 1. The third-order valence-corrected chi connectivity index (χ3v) is 12.4. The predicted molar refractivity (Wildman–Crippen MR) is 222 cm³/mol. The molecule has 2 aromatic rings. The van der Waals surface area contributed by atoms with Gasteiger partial charge in [-0.3, -0.25) is 28.8 Å². The predicted octanol–water partition coefficient (Wildman–Crippen LogP) is 2.89. The molecule has 1 heterocycles. The molecule has 0 aromatic heterocycles. The Bertz CT molecular complexity index is 2000. The van der Waals surface area contributed by atoms with Crippen molar-refractivity contribution in [3.63, 3.8) is 0 Å². The lowest BCUT2D eigenvalue weighted by Gasteiger charge is -2.34. The first kappa shape index (κ1) is 47.9. The molecule has 17 nitrogen and oxygen atoms in total. The van der Waals surface area contributed by atoms with Gasteiger partial charge >= 0.3 is 6.09 Å². The van der Waals surface area contributed by atoms with Gasteiger partial charge in [0.15, 0.2) is 0 Å². The average molecular weight is 895 g/mol. The number of ether oxygens (including phenoxy) is 1. The number of likely N-dealkylation sites (tertiary alicyclic amines) is 1. The van der Waals surface area contributed by atoms with Gasteiger partial charge in [0.25, 0.3) is 5.91 Å².